The van der Waals surface area contributed by atoms with Crippen molar-refractivity contribution in [3.05, 3.63) is 0 Å². The lowest BCUT2D eigenvalue weighted by Gasteiger charge is -2.02. The summed E-state index contributed by atoms with van der Waals surface area (Å²) in [5.41, 5.74) is 5.34. The normalized spacial score (nSPS) is 13.6. The first-order valence-corrected chi connectivity index (χ1v) is 5.82. The summed E-state index contributed by atoms with van der Waals surface area (Å²) in [7, 11) is -2.41. The number of hydrogen-bond donors (Lipinski definition) is 2. The molecule has 0 aromatic rings. The van der Waals surface area contributed by atoms with Gasteiger partial charge in [-0.25, -0.2) is 8.42 Å². The molecular weight excluding hydrogens is 174 g/mol. The number of thiol groups is 1. The van der Waals surface area contributed by atoms with Crippen LogP contribution in [0, 0.1) is 0 Å². The van der Waals surface area contributed by atoms with Gasteiger partial charge in [0.05, 0.1) is 0 Å². The van der Waals surface area contributed by atoms with Crippen molar-refractivity contribution < 1.29 is 8.42 Å². The zero-order valence-electron chi connectivity index (χ0n) is 7.66. The van der Waals surface area contributed by atoms with Crippen molar-refractivity contribution >= 4 is 10.7 Å². The fourth-order valence-electron chi connectivity index (χ4n) is 1.06. The third-order valence-corrected chi connectivity index (χ3v) is 2.67. The molecule has 1 atom stereocenters. The van der Waals surface area contributed by atoms with Gasteiger partial charge in [0.1, 0.15) is 5.37 Å². The van der Waals surface area contributed by atoms with Crippen LogP contribution in [0.4, 0.5) is 0 Å². The molecule has 0 fully saturated rings. The Bertz CT molecular complexity index is 160. The lowest BCUT2D eigenvalue weighted by molar-refractivity contribution is 0.567. The minimum Gasteiger partial charge on any atom is -0.315 e. The first-order valence-electron chi connectivity index (χ1n) is 4.57. The Morgan fingerprint density at radius 3 is 2.25 bits per heavy atom. The van der Waals surface area contributed by atoms with E-state index in [1.807, 2.05) is 0 Å². The van der Waals surface area contributed by atoms with Crippen LogP contribution >= 0.6 is 0 Å². The molecule has 4 heteroatoms. The van der Waals surface area contributed by atoms with Gasteiger partial charge in [-0.1, -0.05) is 39.0 Å². The molecule has 0 aliphatic carbocycles. The second kappa shape index (κ2) is 7.55. The van der Waals surface area contributed by atoms with Gasteiger partial charge in [0, 0.05) is 0 Å². The lowest BCUT2D eigenvalue weighted by atomic mass is 10.1. The van der Waals surface area contributed by atoms with Gasteiger partial charge in [0.2, 0.25) is 0 Å². The van der Waals surface area contributed by atoms with Crippen molar-refractivity contribution in [2.75, 3.05) is 0 Å². The molecule has 0 aliphatic heterocycles. The molecule has 3 nitrogen and oxygen atoms in total. The maximum Gasteiger partial charge on any atom is 0.155 e. The molecule has 0 spiro atoms. The van der Waals surface area contributed by atoms with E-state index in [0.717, 1.165) is 12.8 Å². The van der Waals surface area contributed by atoms with Crippen molar-refractivity contribution in [3.8, 4) is 0 Å². The Morgan fingerprint density at radius 2 is 1.75 bits per heavy atom. The van der Waals surface area contributed by atoms with Crippen LogP contribution in [0.1, 0.15) is 45.4 Å². The summed E-state index contributed by atoms with van der Waals surface area (Å²) in [5.74, 6) is 0. The Hall–Kier alpha value is -0.0900. The van der Waals surface area contributed by atoms with E-state index in [4.69, 9.17) is 5.73 Å². The average Bonchev–Trinajstić information content (AvgIpc) is 2.03. The molecule has 0 aliphatic rings. The van der Waals surface area contributed by atoms with Crippen molar-refractivity contribution in [1.29, 1.82) is 0 Å². The predicted molar refractivity (Wildman–Crippen MR) is 51.7 cm³/mol. The fraction of sp³-hybridized carbons (Fsp3) is 1.00. The molecule has 0 aromatic carbocycles. The van der Waals surface area contributed by atoms with E-state index in [1.165, 1.54) is 19.3 Å². The molecular formula is C8H19NO2S. The molecule has 12 heavy (non-hydrogen) atoms. The summed E-state index contributed by atoms with van der Waals surface area (Å²) in [6.07, 6.45) is 6.29. The van der Waals surface area contributed by atoms with Crippen LogP contribution < -0.4 is 5.73 Å². The highest BCUT2D eigenvalue weighted by Gasteiger charge is 2.02. The van der Waals surface area contributed by atoms with Crippen molar-refractivity contribution in [2.45, 2.75) is 50.8 Å². The summed E-state index contributed by atoms with van der Waals surface area (Å²) in [6.45, 7) is 2.15. The van der Waals surface area contributed by atoms with Crippen LogP contribution in [-0.4, -0.2) is 13.8 Å². The van der Waals surface area contributed by atoms with Gasteiger partial charge < -0.3 is 5.73 Å². The standard InChI is InChI=1S/C8H19NO2S/c1-2-3-4-5-6-7-8(9)12(10)11/h8,12H,2-7,9H2,1H3. The maximum atomic E-state index is 10.3. The lowest BCUT2D eigenvalue weighted by Crippen LogP contribution is -2.20. The van der Waals surface area contributed by atoms with Crippen LogP contribution in [0.2, 0.25) is 0 Å². The van der Waals surface area contributed by atoms with Crippen molar-refractivity contribution in [2.24, 2.45) is 5.73 Å². The highest BCUT2D eigenvalue weighted by atomic mass is 32.2. The van der Waals surface area contributed by atoms with Crippen molar-refractivity contribution in [3.63, 3.8) is 0 Å². The molecule has 0 bridgehead atoms. The Morgan fingerprint density at radius 1 is 1.17 bits per heavy atom. The van der Waals surface area contributed by atoms with E-state index in [9.17, 15) is 8.42 Å². The molecule has 1 unspecified atom stereocenters. The summed E-state index contributed by atoms with van der Waals surface area (Å²) < 4.78 is 20.7. The van der Waals surface area contributed by atoms with E-state index in [2.05, 4.69) is 6.92 Å². The van der Waals surface area contributed by atoms with E-state index in [0.29, 0.717) is 6.42 Å². The van der Waals surface area contributed by atoms with Crippen LogP contribution in [0.5, 0.6) is 0 Å². The molecule has 2 N–H and O–H groups in total. The van der Waals surface area contributed by atoms with Gasteiger partial charge in [-0.3, -0.25) is 0 Å². The summed E-state index contributed by atoms with van der Waals surface area (Å²) in [5, 5.41) is -0.623. The molecule has 0 heterocycles. The molecule has 74 valence electrons. The second-order valence-electron chi connectivity index (χ2n) is 3.06. The fourth-order valence-corrected chi connectivity index (χ4v) is 1.46. The SMILES string of the molecule is CCCCCCCC(N)[SH](=O)=O. The monoisotopic (exact) mass is 193 g/mol. The molecule has 0 saturated heterocycles. The topological polar surface area (TPSA) is 60.2 Å². The molecule has 0 saturated carbocycles. The van der Waals surface area contributed by atoms with Gasteiger partial charge in [0.15, 0.2) is 10.7 Å². The molecule has 0 amide bonds. The average molecular weight is 193 g/mol. The van der Waals surface area contributed by atoms with Crippen LogP contribution in [0.25, 0.3) is 0 Å². The van der Waals surface area contributed by atoms with Gasteiger partial charge in [-0.05, 0) is 6.42 Å². The van der Waals surface area contributed by atoms with Gasteiger partial charge in [0.25, 0.3) is 0 Å². The molecule has 0 radical (unpaired) electrons. The third kappa shape index (κ3) is 6.61. The van der Waals surface area contributed by atoms with Gasteiger partial charge in [-0.2, -0.15) is 0 Å². The Labute approximate surface area is 76.3 Å². The first kappa shape index (κ1) is 11.9. The smallest absolute Gasteiger partial charge is 0.155 e. The highest BCUT2D eigenvalue weighted by molar-refractivity contribution is 7.73. The molecule has 0 aromatic heterocycles. The van der Waals surface area contributed by atoms with Crippen LogP contribution in [0.3, 0.4) is 0 Å². The minimum absolute atomic E-state index is 0.614. The summed E-state index contributed by atoms with van der Waals surface area (Å²) in [6, 6.07) is 0. The minimum atomic E-state index is -2.41. The van der Waals surface area contributed by atoms with Crippen LogP contribution in [-0.2, 0) is 10.7 Å². The zero-order valence-corrected chi connectivity index (χ0v) is 8.56. The Balaban J connectivity index is 3.20. The quantitative estimate of drug-likeness (QED) is 0.472. The molecule has 0 rings (SSSR count). The van der Waals surface area contributed by atoms with Crippen molar-refractivity contribution in [1.82, 2.24) is 0 Å². The largest absolute Gasteiger partial charge is 0.315 e. The number of rotatable bonds is 7. The zero-order chi connectivity index (χ0) is 9.40. The Kier molecular flexibility index (Phi) is 7.50. The number of nitrogens with two attached hydrogens (primary N) is 1. The van der Waals surface area contributed by atoms with E-state index < -0.39 is 16.1 Å². The third-order valence-electron chi connectivity index (χ3n) is 1.87. The summed E-state index contributed by atoms with van der Waals surface area (Å²) in [4.78, 5) is 0. The van der Waals surface area contributed by atoms with E-state index in [-0.39, 0.29) is 0 Å². The van der Waals surface area contributed by atoms with E-state index in [1.54, 1.807) is 0 Å². The summed E-state index contributed by atoms with van der Waals surface area (Å²) >= 11 is 0. The first-order chi connectivity index (χ1) is 5.68. The predicted octanol–water partition coefficient (Wildman–Crippen LogP) is 1.24. The van der Waals surface area contributed by atoms with E-state index >= 15 is 0 Å². The van der Waals surface area contributed by atoms with Crippen LogP contribution in [0.15, 0.2) is 0 Å². The highest BCUT2D eigenvalue weighted by Crippen LogP contribution is 2.06. The maximum absolute atomic E-state index is 10.3. The second-order valence-corrected chi connectivity index (χ2v) is 4.29. The van der Waals surface area contributed by atoms with Gasteiger partial charge in [-0.15, -0.1) is 0 Å². The van der Waals surface area contributed by atoms with Gasteiger partial charge >= 0.3 is 0 Å². The number of unbranched alkanes of at least 4 members (excludes halogenated alkanes) is 4. The number of hydrogen-bond acceptors (Lipinski definition) is 3.